The number of ether oxygens (including phenoxy) is 3. The van der Waals surface area contributed by atoms with Crippen molar-refractivity contribution in [3.8, 4) is 0 Å². The number of hydrogen-bond donors (Lipinski definition) is 1. The van der Waals surface area contributed by atoms with Gasteiger partial charge in [-0.05, 0) is 24.3 Å². The summed E-state index contributed by atoms with van der Waals surface area (Å²) in [5, 5.41) is 9.46. The SMILES string of the molecule is O=C(OCC1OC(O)C(F)(F)C1OC(=O)c1ccccc1)c1ccccc1. The molecule has 1 fully saturated rings. The van der Waals surface area contributed by atoms with Gasteiger partial charge in [0, 0.05) is 0 Å². The first kappa shape index (κ1) is 18.9. The number of esters is 2. The van der Waals surface area contributed by atoms with Gasteiger partial charge in [0.05, 0.1) is 11.1 Å². The van der Waals surface area contributed by atoms with Gasteiger partial charge in [-0.2, -0.15) is 8.78 Å². The van der Waals surface area contributed by atoms with Crippen molar-refractivity contribution in [2.24, 2.45) is 0 Å². The standard InChI is InChI=1S/C19H16F2O6/c20-19(21)15(27-17(23)13-9-5-2-6-10-13)14(26-18(19)24)11-25-16(22)12-7-3-1-4-8-12/h1-10,14-15,18,24H,11H2. The van der Waals surface area contributed by atoms with E-state index in [0.717, 1.165) is 0 Å². The van der Waals surface area contributed by atoms with Crippen molar-refractivity contribution in [1.29, 1.82) is 0 Å². The highest BCUT2D eigenvalue weighted by Gasteiger charge is 2.61. The normalized spacial score (nSPS) is 23.6. The summed E-state index contributed by atoms with van der Waals surface area (Å²) in [6, 6.07) is 15.5. The Morgan fingerprint density at radius 1 is 0.963 bits per heavy atom. The molecular formula is C19H16F2O6. The highest BCUT2D eigenvalue weighted by molar-refractivity contribution is 5.90. The van der Waals surface area contributed by atoms with Gasteiger partial charge in [-0.1, -0.05) is 36.4 Å². The van der Waals surface area contributed by atoms with E-state index in [4.69, 9.17) is 14.2 Å². The largest absolute Gasteiger partial charge is 0.459 e. The maximum absolute atomic E-state index is 14.2. The summed E-state index contributed by atoms with van der Waals surface area (Å²) in [4.78, 5) is 24.1. The third kappa shape index (κ3) is 4.12. The Hall–Kier alpha value is -2.84. The van der Waals surface area contributed by atoms with Crippen molar-refractivity contribution >= 4 is 11.9 Å². The van der Waals surface area contributed by atoms with Crippen LogP contribution in [0.4, 0.5) is 8.78 Å². The molecule has 2 aromatic rings. The zero-order valence-corrected chi connectivity index (χ0v) is 14.0. The lowest BCUT2D eigenvalue weighted by Gasteiger charge is -2.22. The third-order valence-corrected chi connectivity index (χ3v) is 3.98. The lowest BCUT2D eigenvalue weighted by Crippen LogP contribution is -2.44. The maximum Gasteiger partial charge on any atom is 0.338 e. The van der Waals surface area contributed by atoms with E-state index < -0.39 is 43.0 Å². The van der Waals surface area contributed by atoms with E-state index >= 15 is 0 Å². The van der Waals surface area contributed by atoms with Crippen molar-refractivity contribution in [2.45, 2.75) is 24.4 Å². The van der Waals surface area contributed by atoms with Crippen LogP contribution >= 0.6 is 0 Å². The molecule has 3 rings (SSSR count). The van der Waals surface area contributed by atoms with Crippen LogP contribution in [0.1, 0.15) is 20.7 Å². The van der Waals surface area contributed by atoms with Gasteiger partial charge >= 0.3 is 17.9 Å². The van der Waals surface area contributed by atoms with Gasteiger partial charge in [0.25, 0.3) is 0 Å². The number of alkyl halides is 2. The van der Waals surface area contributed by atoms with E-state index in [-0.39, 0.29) is 11.1 Å². The molecule has 0 amide bonds. The first-order valence-electron chi connectivity index (χ1n) is 8.09. The molecule has 0 aromatic heterocycles. The molecule has 3 atom stereocenters. The number of carbonyl (C=O) groups is 2. The Balaban J connectivity index is 1.69. The van der Waals surface area contributed by atoms with Crippen LogP contribution in [0, 0.1) is 0 Å². The Bertz CT molecular complexity index is 796. The van der Waals surface area contributed by atoms with E-state index in [1.165, 1.54) is 24.3 Å². The third-order valence-electron chi connectivity index (χ3n) is 3.98. The van der Waals surface area contributed by atoms with E-state index in [9.17, 15) is 23.5 Å². The molecule has 1 saturated heterocycles. The lowest BCUT2D eigenvalue weighted by molar-refractivity contribution is -0.199. The average Bonchev–Trinajstić information content (AvgIpc) is 2.90. The van der Waals surface area contributed by atoms with E-state index in [1.807, 2.05) is 0 Å². The molecule has 0 radical (unpaired) electrons. The zero-order chi connectivity index (χ0) is 19.4. The smallest absolute Gasteiger partial charge is 0.338 e. The average molecular weight is 378 g/mol. The highest BCUT2D eigenvalue weighted by Crippen LogP contribution is 2.37. The second-order valence-corrected chi connectivity index (χ2v) is 5.86. The van der Waals surface area contributed by atoms with Crippen LogP contribution in [-0.4, -0.2) is 48.1 Å². The van der Waals surface area contributed by atoms with Crippen LogP contribution in [0.5, 0.6) is 0 Å². The predicted molar refractivity (Wildman–Crippen MR) is 88.2 cm³/mol. The van der Waals surface area contributed by atoms with Crippen LogP contribution < -0.4 is 0 Å². The Morgan fingerprint density at radius 3 is 2.04 bits per heavy atom. The topological polar surface area (TPSA) is 82.1 Å². The number of aliphatic hydroxyl groups excluding tert-OH is 1. The molecule has 1 aliphatic rings. The highest BCUT2D eigenvalue weighted by atomic mass is 19.3. The molecule has 142 valence electrons. The quantitative estimate of drug-likeness (QED) is 0.805. The minimum absolute atomic E-state index is 0.0646. The fourth-order valence-electron chi connectivity index (χ4n) is 2.57. The number of halogens is 2. The molecule has 1 heterocycles. The van der Waals surface area contributed by atoms with Gasteiger partial charge in [0.15, 0.2) is 6.10 Å². The summed E-state index contributed by atoms with van der Waals surface area (Å²) in [6.07, 6.45) is -6.11. The number of rotatable bonds is 5. The monoisotopic (exact) mass is 378 g/mol. The number of aliphatic hydroxyl groups is 1. The van der Waals surface area contributed by atoms with Crippen LogP contribution in [-0.2, 0) is 14.2 Å². The first-order chi connectivity index (χ1) is 12.9. The van der Waals surface area contributed by atoms with Gasteiger partial charge in [0.1, 0.15) is 12.7 Å². The van der Waals surface area contributed by atoms with Crippen LogP contribution in [0.3, 0.4) is 0 Å². The Labute approximate surface area is 153 Å². The van der Waals surface area contributed by atoms with Gasteiger partial charge in [-0.25, -0.2) is 9.59 Å². The second-order valence-electron chi connectivity index (χ2n) is 5.86. The zero-order valence-electron chi connectivity index (χ0n) is 14.0. The second kappa shape index (κ2) is 7.81. The fraction of sp³-hybridized carbons (Fsp3) is 0.263. The predicted octanol–water partition coefficient (Wildman–Crippen LogP) is 2.42. The summed E-state index contributed by atoms with van der Waals surface area (Å²) in [5.74, 6) is -5.61. The summed E-state index contributed by atoms with van der Waals surface area (Å²) >= 11 is 0. The number of benzene rings is 2. The van der Waals surface area contributed by atoms with Crippen molar-refractivity contribution in [2.75, 3.05) is 6.61 Å². The Morgan fingerprint density at radius 2 is 1.48 bits per heavy atom. The van der Waals surface area contributed by atoms with Gasteiger partial charge in [-0.15, -0.1) is 0 Å². The molecule has 3 unspecified atom stereocenters. The fourth-order valence-corrected chi connectivity index (χ4v) is 2.57. The summed E-state index contributed by atoms with van der Waals surface area (Å²) in [7, 11) is 0. The summed E-state index contributed by atoms with van der Waals surface area (Å²) in [5.41, 5.74) is 0.287. The minimum atomic E-state index is -3.85. The number of carbonyl (C=O) groups excluding carboxylic acids is 2. The van der Waals surface area contributed by atoms with Gasteiger partial charge < -0.3 is 19.3 Å². The first-order valence-corrected chi connectivity index (χ1v) is 8.09. The molecule has 0 aliphatic carbocycles. The molecule has 8 heteroatoms. The van der Waals surface area contributed by atoms with Gasteiger partial charge in [0.2, 0.25) is 6.29 Å². The summed E-state index contributed by atoms with van der Waals surface area (Å²) in [6.45, 7) is -0.618. The van der Waals surface area contributed by atoms with E-state index in [2.05, 4.69) is 0 Å². The molecule has 0 bridgehead atoms. The number of hydrogen-bond acceptors (Lipinski definition) is 6. The molecular weight excluding hydrogens is 362 g/mol. The molecule has 6 nitrogen and oxygen atoms in total. The lowest BCUT2D eigenvalue weighted by atomic mass is 10.1. The van der Waals surface area contributed by atoms with E-state index in [1.54, 1.807) is 36.4 Å². The molecule has 0 spiro atoms. The van der Waals surface area contributed by atoms with Gasteiger partial charge in [-0.3, -0.25) is 0 Å². The maximum atomic E-state index is 14.2. The van der Waals surface area contributed by atoms with E-state index in [0.29, 0.717) is 0 Å². The van der Waals surface area contributed by atoms with Crippen molar-refractivity contribution in [1.82, 2.24) is 0 Å². The summed E-state index contributed by atoms with van der Waals surface area (Å²) < 4.78 is 43.0. The molecule has 2 aromatic carbocycles. The minimum Gasteiger partial charge on any atom is -0.459 e. The van der Waals surface area contributed by atoms with Crippen LogP contribution in [0.25, 0.3) is 0 Å². The molecule has 1 N–H and O–H groups in total. The molecule has 27 heavy (non-hydrogen) atoms. The van der Waals surface area contributed by atoms with Crippen LogP contribution in [0.2, 0.25) is 0 Å². The van der Waals surface area contributed by atoms with Crippen LogP contribution in [0.15, 0.2) is 60.7 Å². The van der Waals surface area contributed by atoms with Crippen molar-refractivity contribution < 1.29 is 37.7 Å². The Kier molecular flexibility index (Phi) is 5.48. The molecule has 0 saturated carbocycles. The molecule has 1 aliphatic heterocycles. The van der Waals surface area contributed by atoms with Crippen molar-refractivity contribution in [3.05, 3.63) is 71.8 Å². The van der Waals surface area contributed by atoms with Crippen molar-refractivity contribution in [3.63, 3.8) is 0 Å².